The Balaban J connectivity index is 1.98. The highest BCUT2D eigenvalue weighted by molar-refractivity contribution is 5.86. The van der Waals surface area contributed by atoms with Crippen LogP contribution in [0.1, 0.15) is 49.3 Å². The van der Waals surface area contributed by atoms with Gasteiger partial charge in [0.1, 0.15) is 5.60 Å². The van der Waals surface area contributed by atoms with Gasteiger partial charge < -0.3 is 14.4 Å². The van der Waals surface area contributed by atoms with Gasteiger partial charge in [-0.25, -0.2) is 14.6 Å². The number of aromatic nitrogens is 2. The van der Waals surface area contributed by atoms with Crippen molar-refractivity contribution in [1.29, 1.82) is 0 Å². The number of amides is 1. The first-order valence-electron chi connectivity index (χ1n) is 7.18. The van der Waals surface area contributed by atoms with Crippen LogP contribution in [0.2, 0.25) is 0 Å². The van der Waals surface area contributed by atoms with E-state index in [0.29, 0.717) is 13.1 Å². The summed E-state index contributed by atoms with van der Waals surface area (Å²) in [5.41, 5.74) is 0.434. The van der Waals surface area contributed by atoms with Crippen molar-refractivity contribution >= 4 is 12.1 Å². The molecular weight excluding hydrogens is 286 g/mol. The lowest BCUT2D eigenvalue weighted by Crippen LogP contribution is -2.35. The summed E-state index contributed by atoms with van der Waals surface area (Å²) < 4.78 is 9.95. The minimum Gasteiger partial charge on any atom is -0.464 e. The third kappa shape index (κ3) is 3.93. The zero-order valence-electron chi connectivity index (χ0n) is 13.3. The molecule has 1 aromatic heterocycles. The standard InChI is InChI=1S/C15H21N3O4/c1-15(2,3)22-14(20)18-6-5-10(9-18)11-7-17-12(8-16-11)13(19)21-4/h7-8,10H,5-6,9H2,1-4H3. The second-order valence-corrected chi connectivity index (χ2v) is 6.23. The van der Waals surface area contributed by atoms with E-state index in [0.717, 1.165) is 12.1 Å². The largest absolute Gasteiger partial charge is 0.464 e. The molecule has 1 fully saturated rings. The van der Waals surface area contributed by atoms with E-state index in [1.54, 1.807) is 11.1 Å². The van der Waals surface area contributed by atoms with Crippen LogP contribution in [0.15, 0.2) is 12.4 Å². The second kappa shape index (κ2) is 6.29. The van der Waals surface area contributed by atoms with Gasteiger partial charge in [0.25, 0.3) is 0 Å². The lowest BCUT2D eigenvalue weighted by atomic mass is 10.1. The molecule has 0 spiro atoms. The molecule has 0 aromatic carbocycles. The molecule has 2 heterocycles. The van der Waals surface area contributed by atoms with Crippen molar-refractivity contribution in [3.8, 4) is 0 Å². The highest BCUT2D eigenvalue weighted by Crippen LogP contribution is 2.26. The Bertz CT molecular complexity index is 551. The SMILES string of the molecule is COC(=O)c1cnc(C2CCN(C(=O)OC(C)(C)C)C2)cn1. The summed E-state index contributed by atoms with van der Waals surface area (Å²) in [5.74, 6) is -0.410. The molecule has 22 heavy (non-hydrogen) atoms. The molecule has 0 N–H and O–H groups in total. The number of nitrogens with zero attached hydrogens (tertiary/aromatic N) is 3. The number of likely N-dealkylation sites (tertiary alicyclic amines) is 1. The number of esters is 1. The van der Waals surface area contributed by atoms with E-state index in [-0.39, 0.29) is 17.7 Å². The second-order valence-electron chi connectivity index (χ2n) is 6.23. The fourth-order valence-corrected chi connectivity index (χ4v) is 2.25. The van der Waals surface area contributed by atoms with E-state index < -0.39 is 11.6 Å². The minimum atomic E-state index is -0.513. The van der Waals surface area contributed by atoms with Crippen LogP contribution in [-0.4, -0.2) is 52.7 Å². The van der Waals surface area contributed by atoms with Gasteiger partial charge in [-0.1, -0.05) is 0 Å². The molecule has 0 radical (unpaired) electrons. The van der Waals surface area contributed by atoms with Crippen molar-refractivity contribution < 1.29 is 19.1 Å². The number of rotatable bonds is 2. The average Bonchev–Trinajstić information content (AvgIpc) is 2.95. The Morgan fingerprint density at radius 3 is 2.55 bits per heavy atom. The Morgan fingerprint density at radius 1 is 1.27 bits per heavy atom. The number of carbonyl (C=O) groups excluding carboxylic acids is 2. The lowest BCUT2D eigenvalue weighted by molar-refractivity contribution is 0.0292. The maximum atomic E-state index is 12.0. The van der Waals surface area contributed by atoms with E-state index in [9.17, 15) is 9.59 Å². The van der Waals surface area contributed by atoms with E-state index in [1.165, 1.54) is 13.3 Å². The zero-order chi connectivity index (χ0) is 16.3. The third-order valence-electron chi connectivity index (χ3n) is 3.32. The lowest BCUT2D eigenvalue weighted by Gasteiger charge is -2.24. The van der Waals surface area contributed by atoms with Gasteiger partial charge >= 0.3 is 12.1 Å². The van der Waals surface area contributed by atoms with Crippen LogP contribution in [0.4, 0.5) is 4.79 Å². The molecule has 0 saturated carbocycles. The van der Waals surface area contributed by atoms with Crippen LogP contribution in [0, 0.1) is 0 Å². The summed E-state index contributed by atoms with van der Waals surface area (Å²) in [6.07, 6.45) is 3.45. The molecule has 7 heteroatoms. The first-order chi connectivity index (χ1) is 10.3. The number of methoxy groups -OCH3 is 1. The summed E-state index contributed by atoms with van der Waals surface area (Å²) >= 11 is 0. The first kappa shape index (κ1) is 16.2. The molecular formula is C15H21N3O4. The quantitative estimate of drug-likeness (QED) is 0.777. The molecule has 1 aromatic rings. The molecule has 7 nitrogen and oxygen atoms in total. The van der Waals surface area contributed by atoms with Gasteiger partial charge in [0.2, 0.25) is 0 Å². The summed E-state index contributed by atoms with van der Waals surface area (Å²) in [6, 6.07) is 0. The van der Waals surface area contributed by atoms with E-state index in [4.69, 9.17) is 4.74 Å². The molecule has 0 aliphatic carbocycles. The van der Waals surface area contributed by atoms with E-state index >= 15 is 0 Å². The molecule has 1 atom stereocenters. The molecule has 1 amide bonds. The van der Waals surface area contributed by atoms with Crippen molar-refractivity contribution in [2.45, 2.75) is 38.7 Å². The van der Waals surface area contributed by atoms with Crippen LogP contribution in [0.3, 0.4) is 0 Å². The molecule has 120 valence electrons. The molecule has 1 aliphatic rings. The Hall–Kier alpha value is -2.18. The highest BCUT2D eigenvalue weighted by atomic mass is 16.6. The molecule has 1 aliphatic heterocycles. The Labute approximate surface area is 129 Å². The predicted molar refractivity (Wildman–Crippen MR) is 78.5 cm³/mol. The Kier molecular flexibility index (Phi) is 4.63. The topological polar surface area (TPSA) is 81.6 Å². The van der Waals surface area contributed by atoms with Crippen molar-refractivity contribution in [3.05, 3.63) is 23.8 Å². The van der Waals surface area contributed by atoms with Gasteiger partial charge in [0.15, 0.2) is 5.69 Å². The van der Waals surface area contributed by atoms with E-state index in [2.05, 4.69) is 14.7 Å². The molecule has 2 rings (SSSR count). The molecule has 1 saturated heterocycles. The van der Waals surface area contributed by atoms with Gasteiger partial charge in [0.05, 0.1) is 19.0 Å². The maximum Gasteiger partial charge on any atom is 0.410 e. The fraction of sp³-hybridized carbons (Fsp3) is 0.600. The van der Waals surface area contributed by atoms with Crippen LogP contribution >= 0.6 is 0 Å². The Morgan fingerprint density at radius 2 is 2.00 bits per heavy atom. The summed E-state index contributed by atoms with van der Waals surface area (Å²) in [6.45, 7) is 6.70. The maximum absolute atomic E-state index is 12.0. The highest BCUT2D eigenvalue weighted by Gasteiger charge is 2.31. The summed E-state index contributed by atoms with van der Waals surface area (Å²) in [7, 11) is 1.30. The summed E-state index contributed by atoms with van der Waals surface area (Å²) in [4.78, 5) is 33.3. The normalized spacial score (nSPS) is 18.2. The van der Waals surface area contributed by atoms with E-state index in [1.807, 2.05) is 20.8 Å². The van der Waals surface area contributed by atoms with Crippen LogP contribution in [0.25, 0.3) is 0 Å². The van der Waals surface area contributed by atoms with Crippen molar-refractivity contribution in [2.24, 2.45) is 0 Å². The fourth-order valence-electron chi connectivity index (χ4n) is 2.25. The van der Waals surface area contributed by atoms with Gasteiger partial charge in [-0.15, -0.1) is 0 Å². The van der Waals surface area contributed by atoms with Crippen molar-refractivity contribution in [1.82, 2.24) is 14.9 Å². The van der Waals surface area contributed by atoms with Crippen LogP contribution in [-0.2, 0) is 9.47 Å². The van der Waals surface area contributed by atoms with Gasteiger partial charge in [-0.3, -0.25) is 4.98 Å². The monoisotopic (exact) mass is 307 g/mol. The van der Waals surface area contributed by atoms with Crippen molar-refractivity contribution in [2.75, 3.05) is 20.2 Å². The van der Waals surface area contributed by atoms with Gasteiger partial charge in [0, 0.05) is 25.2 Å². The number of hydrogen-bond donors (Lipinski definition) is 0. The average molecular weight is 307 g/mol. The smallest absolute Gasteiger partial charge is 0.410 e. The van der Waals surface area contributed by atoms with Gasteiger partial charge in [-0.05, 0) is 27.2 Å². The number of ether oxygens (including phenoxy) is 2. The third-order valence-corrected chi connectivity index (χ3v) is 3.32. The molecule has 0 bridgehead atoms. The zero-order valence-corrected chi connectivity index (χ0v) is 13.3. The predicted octanol–water partition coefficient (Wildman–Crippen LogP) is 1.99. The summed E-state index contributed by atoms with van der Waals surface area (Å²) in [5, 5.41) is 0. The molecule has 1 unspecified atom stereocenters. The number of carbonyl (C=O) groups is 2. The van der Waals surface area contributed by atoms with Crippen LogP contribution < -0.4 is 0 Å². The van der Waals surface area contributed by atoms with Crippen molar-refractivity contribution in [3.63, 3.8) is 0 Å². The first-order valence-corrected chi connectivity index (χ1v) is 7.18. The minimum absolute atomic E-state index is 0.103. The number of hydrogen-bond acceptors (Lipinski definition) is 6. The van der Waals surface area contributed by atoms with Gasteiger partial charge in [-0.2, -0.15) is 0 Å². The van der Waals surface area contributed by atoms with Crippen LogP contribution in [0.5, 0.6) is 0 Å².